The Hall–Kier alpha value is -4.24. The Morgan fingerprint density at radius 2 is 1.92 bits per heavy atom. The predicted octanol–water partition coefficient (Wildman–Crippen LogP) is 6.22. The number of para-hydroxylation sites is 1. The molecule has 0 N–H and O–H groups in total. The molecule has 200 valence electrons. The average molecular weight is 545 g/mol. The van der Waals surface area contributed by atoms with Crippen LogP contribution >= 0.6 is 11.3 Å². The summed E-state index contributed by atoms with van der Waals surface area (Å²) in [6.45, 7) is 8.05. The molecule has 0 saturated carbocycles. The fourth-order valence-electron chi connectivity index (χ4n) is 4.60. The Labute approximate surface area is 229 Å². The highest BCUT2D eigenvalue weighted by Crippen LogP contribution is 2.43. The molecule has 2 aromatic carbocycles. The summed E-state index contributed by atoms with van der Waals surface area (Å²) in [6.07, 6.45) is 4.64. The van der Waals surface area contributed by atoms with E-state index in [-0.39, 0.29) is 33.4 Å². The van der Waals surface area contributed by atoms with Crippen LogP contribution in [0, 0.1) is 6.92 Å². The number of nitrogens with zero attached hydrogens (tertiary/aromatic N) is 2. The van der Waals surface area contributed by atoms with E-state index < -0.39 is 17.9 Å². The summed E-state index contributed by atoms with van der Waals surface area (Å²) in [5.74, 6) is -0.389. The first-order chi connectivity index (χ1) is 18.9. The maximum Gasteiger partial charge on any atom is 0.350 e. The van der Waals surface area contributed by atoms with Crippen molar-refractivity contribution in [1.82, 2.24) is 4.98 Å². The lowest BCUT2D eigenvalue weighted by molar-refractivity contribution is 0.0554. The first kappa shape index (κ1) is 26.4. The van der Waals surface area contributed by atoms with Crippen LogP contribution in [-0.4, -0.2) is 30.1 Å². The van der Waals surface area contributed by atoms with E-state index in [1.54, 1.807) is 31.2 Å². The largest absolute Gasteiger partial charge is 0.494 e. The van der Waals surface area contributed by atoms with Gasteiger partial charge in [-0.1, -0.05) is 68.0 Å². The van der Waals surface area contributed by atoms with Gasteiger partial charge < -0.3 is 13.9 Å². The van der Waals surface area contributed by atoms with Crippen LogP contribution in [0.3, 0.4) is 0 Å². The minimum atomic E-state index is -0.801. The molecular weight excluding hydrogens is 516 g/mol. The van der Waals surface area contributed by atoms with Crippen molar-refractivity contribution in [2.75, 3.05) is 18.1 Å². The first-order valence-corrected chi connectivity index (χ1v) is 13.6. The van der Waals surface area contributed by atoms with Crippen LogP contribution in [0.4, 0.5) is 5.13 Å². The number of aryl methyl sites for hydroxylation is 1. The van der Waals surface area contributed by atoms with E-state index in [4.69, 9.17) is 13.9 Å². The Morgan fingerprint density at radius 1 is 1.15 bits per heavy atom. The SMILES string of the molecule is C=CCOC(=O)c1sc(N2C(=O)c3oc4ccccc4c(=O)c3[C@@H]2c2ccc(OCCCCC)cc2)nc1C. The molecule has 0 spiro atoms. The molecular formula is C30H28N2O6S. The number of unbranched alkanes of at least 4 members (excludes halogenated alkanes) is 2. The third kappa shape index (κ3) is 4.97. The van der Waals surface area contributed by atoms with E-state index in [0.717, 1.165) is 30.6 Å². The number of anilines is 1. The van der Waals surface area contributed by atoms with E-state index in [1.165, 1.54) is 11.0 Å². The van der Waals surface area contributed by atoms with Crippen molar-refractivity contribution in [3.63, 3.8) is 0 Å². The van der Waals surface area contributed by atoms with Gasteiger partial charge in [-0.25, -0.2) is 9.78 Å². The number of esters is 1. The van der Waals surface area contributed by atoms with Gasteiger partial charge in [-0.05, 0) is 43.2 Å². The molecule has 0 unspecified atom stereocenters. The number of ether oxygens (including phenoxy) is 2. The number of hydrogen-bond acceptors (Lipinski definition) is 8. The van der Waals surface area contributed by atoms with Crippen molar-refractivity contribution >= 4 is 39.3 Å². The van der Waals surface area contributed by atoms with Gasteiger partial charge >= 0.3 is 5.97 Å². The van der Waals surface area contributed by atoms with Gasteiger partial charge in [0.05, 0.1) is 29.3 Å². The van der Waals surface area contributed by atoms with Crippen LogP contribution < -0.4 is 15.1 Å². The number of benzene rings is 2. The Balaban J connectivity index is 1.59. The molecule has 39 heavy (non-hydrogen) atoms. The van der Waals surface area contributed by atoms with Gasteiger partial charge in [0.15, 0.2) is 10.6 Å². The number of fused-ring (bicyclic) bond motifs is 2. The van der Waals surface area contributed by atoms with E-state index in [0.29, 0.717) is 34.6 Å². The fraction of sp³-hybridized carbons (Fsp3) is 0.267. The van der Waals surface area contributed by atoms with Crippen LogP contribution in [0.25, 0.3) is 11.0 Å². The predicted molar refractivity (Wildman–Crippen MR) is 150 cm³/mol. The molecule has 9 heteroatoms. The third-order valence-electron chi connectivity index (χ3n) is 6.50. The van der Waals surface area contributed by atoms with Gasteiger partial charge in [0.1, 0.15) is 22.8 Å². The van der Waals surface area contributed by atoms with Crippen molar-refractivity contribution in [3.05, 3.63) is 98.9 Å². The zero-order valence-corrected chi connectivity index (χ0v) is 22.6. The lowest BCUT2D eigenvalue weighted by Crippen LogP contribution is -2.29. The minimum absolute atomic E-state index is 0.0350. The van der Waals surface area contributed by atoms with Gasteiger partial charge in [-0.15, -0.1) is 0 Å². The number of hydrogen-bond donors (Lipinski definition) is 0. The Bertz CT molecular complexity index is 1600. The van der Waals surface area contributed by atoms with Gasteiger partial charge in [0.25, 0.3) is 5.91 Å². The minimum Gasteiger partial charge on any atom is -0.494 e. The van der Waals surface area contributed by atoms with E-state index in [9.17, 15) is 14.4 Å². The molecule has 0 radical (unpaired) electrons. The lowest BCUT2D eigenvalue weighted by Gasteiger charge is -2.22. The highest BCUT2D eigenvalue weighted by Gasteiger charge is 2.45. The Morgan fingerprint density at radius 3 is 2.67 bits per heavy atom. The molecule has 2 aromatic heterocycles. The molecule has 1 atom stereocenters. The molecule has 0 saturated heterocycles. The van der Waals surface area contributed by atoms with Crippen LogP contribution in [-0.2, 0) is 4.74 Å². The summed E-state index contributed by atoms with van der Waals surface area (Å²) in [6, 6.07) is 13.4. The molecule has 0 bridgehead atoms. The van der Waals surface area contributed by atoms with Crippen LogP contribution in [0.2, 0.25) is 0 Å². The highest BCUT2D eigenvalue weighted by molar-refractivity contribution is 7.17. The number of carbonyl (C=O) groups is 2. The second kappa shape index (κ2) is 11.2. The summed E-state index contributed by atoms with van der Waals surface area (Å²) >= 11 is 1.03. The lowest BCUT2D eigenvalue weighted by atomic mass is 9.98. The maximum absolute atomic E-state index is 13.8. The van der Waals surface area contributed by atoms with E-state index in [1.807, 2.05) is 24.3 Å². The molecule has 0 fully saturated rings. The standard InChI is InChI=1S/C30H28N2O6S/c1-4-6-9-17-36-20-14-12-19(13-15-20)24-23-25(33)21-10-7-8-11-22(21)38-26(23)28(34)32(24)30-31-18(3)27(39-30)29(35)37-16-5-2/h5,7-8,10-15,24H,2,4,6,9,16-17H2,1,3H3/t24-/m0/s1. The van der Waals surface area contributed by atoms with Gasteiger partial charge in [-0.2, -0.15) is 0 Å². The van der Waals surface area contributed by atoms with Crippen LogP contribution in [0.15, 0.2) is 70.4 Å². The normalized spacial score (nSPS) is 14.5. The zero-order chi connectivity index (χ0) is 27.5. The first-order valence-electron chi connectivity index (χ1n) is 12.8. The molecule has 0 aliphatic carbocycles. The molecule has 3 heterocycles. The van der Waals surface area contributed by atoms with Crippen LogP contribution in [0.5, 0.6) is 5.75 Å². The second-order valence-electron chi connectivity index (χ2n) is 9.17. The smallest absolute Gasteiger partial charge is 0.350 e. The summed E-state index contributed by atoms with van der Waals surface area (Å²) in [5, 5.41) is 0.651. The summed E-state index contributed by atoms with van der Waals surface area (Å²) < 4.78 is 17.0. The molecule has 8 nitrogen and oxygen atoms in total. The third-order valence-corrected chi connectivity index (χ3v) is 7.64. The second-order valence-corrected chi connectivity index (χ2v) is 10.1. The molecule has 4 aromatic rings. The van der Waals surface area contributed by atoms with Crippen molar-refractivity contribution in [1.29, 1.82) is 0 Å². The van der Waals surface area contributed by atoms with E-state index in [2.05, 4.69) is 18.5 Å². The van der Waals surface area contributed by atoms with E-state index >= 15 is 0 Å². The fourth-order valence-corrected chi connectivity index (χ4v) is 5.58. The number of rotatable bonds is 10. The number of thiazole rings is 1. The van der Waals surface area contributed by atoms with Gasteiger partial charge in [0, 0.05) is 0 Å². The zero-order valence-electron chi connectivity index (χ0n) is 21.8. The van der Waals surface area contributed by atoms with Crippen molar-refractivity contribution in [3.8, 4) is 5.75 Å². The van der Waals surface area contributed by atoms with Crippen molar-refractivity contribution in [2.24, 2.45) is 0 Å². The monoisotopic (exact) mass is 544 g/mol. The highest BCUT2D eigenvalue weighted by atomic mass is 32.1. The maximum atomic E-state index is 13.8. The summed E-state index contributed by atoms with van der Waals surface area (Å²) in [7, 11) is 0. The molecule has 1 aliphatic rings. The van der Waals surface area contributed by atoms with Crippen molar-refractivity contribution < 1.29 is 23.5 Å². The summed E-state index contributed by atoms with van der Waals surface area (Å²) in [4.78, 5) is 46.4. The molecule has 1 aliphatic heterocycles. The van der Waals surface area contributed by atoms with Crippen LogP contribution in [0.1, 0.15) is 69.3 Å². The molecule has 1 amide bonds. The van der Waals surface area contributed by atoms with Crippen molar-refractivity contribution in [2.45, 2.75) is 39.2 Å². The quantitative estimate of drug-likeness (QED) is 0.133. The molecule has 5 rings (SSSR count). The van der Waals surface area contributed by atoms with Gasteiger partial charge in [-0.3, -0.25) is 14.5 Å². The van der Waals surface area contributed by atoms with Gasteiger partial charge in [0.2, 0.25) is 5.76 Å². The summed E-state index contributed by atoms with van der Waals surface area (Å²) in [5.41, 5.74) is 1.39. The Kier molecular flexibility index (Phi) is 7.60. The topological polar surface area (TPSA) is 98.9 Å². The average Bonchev–Trinajstić information content (AvgIpc) is 3.47. The number of amides is 1. The number of aromatic nitrogens is 1. The number of carbonyl (C=O) groups excluding carboxylic acids is 2.